The van der Waals surface area contributed by atoms with E-state index in [1.807, 2.05) is 18.1 Å². The van der Waals surface area contributed by atoms with Crippen LogP contribution < -0.4 is 16.1 Å². The second-order valence-corrected chi connectivity index (χ2v) is 6.27. The molecule has 3 rings (SSSR count). The highest BCUT2D eigenvalue weighted by molar-refractivity contribution is 6.00. The van der Waals surface area contributed by atoms with Gasteiger partial charge < -0.3 is 10.6 Å². The Morgan fingerprint density at radius 1 is 1.41 bits per heavy atom. The van der Waals surface area contributed by atoms with E-state index in [-0.39, 0.29) is 5.91 Å². The molecule has 0 saturated carbocycles. The van der Waals surface area contributed by atoms with Crippen LogP contribution in [0.1, 0.15) is 29.3 Å². The quantitative estimate of drug-likeness (QED) is 0.770. The van der Waals surface area contributed by atoms with E-state index in [4.69, 9.17) is 0 Å². The normalized spacial score (nSPS) is 17.6. The van der Waals surface area contributed by atoms with Gasteiger partial charge in [-0.15, -0.1) is 0 Å². The second kappa shape index (κ2) is 7.85. The van der Waals surface area contributed by atoms with E-state index >= 15 is 0 Å². The summed E-state index contributed by atoms with van der Waals surface area (Å²) in [5.41, 5.74) is 5.26. The predicted molar refractivity (Wildman–Crippen MR) is 104 cm³/mol. The van der Waals surface area contributed by atoms with Gasteiger partial charge in [0.15, 0.2) is 5.82 Å². The van der Waals surface area contributed by atoms with Gasteiger partial charge in [0.2, 0.25) is 0 Å². The van der Waals surface area contributed by atoms with Crippen molar-refractivity contribution in [1.82, 2.24) is 20.7 Å². The molecule has 1 aromatic heterocycles. The van der Waals surface area contributed by atoms with E-state index in [0.717, 1.165) is 12.3 Å². The molecule has 0 bridgehead atoms. The molecule has 27 heavy (non-hydrogen) atoms. The van der Waals surface area contributed by atoms with Crippen LogP contribution in [0, 0.1) is 11.3 Å². The molecular formula is C19H21N7O. The molecule has 138 valence electrons. The fraction of sp³-hybridized carbons (Fsp3) is 0.263. The van der Waals surface area contributed by atoms with E-state index in [1.54, 1.807) is 31.3 Å². The highest BCUT2D eigenvalue weighted by Gasteiger charge is 2.21. The molecule has 0 aliphatic carbocycles. The Kier molecular flexibility index (Phi) is 5.33. The van der Waals surface area contributed by atoms with Crippen LogP contribution in [0.25, 0.3) is 0 Å². The van der Waals surface area contributed by atoms with Gasteiger partial charge in [-0.2, -0.15) is 5.26 Å². The molecule has 1 atom stereocenters. The smallest absolute Gasteiger partial charge is 0.253 e. The maximum Gasteiger partial charge on any atom is 0.253 e. The maximum atomic E-state index is 12.1. The van der Waals surface area contributed by atoms with Crippen LogP contribution in [-0.2, 0) is 0 Å². The van der Waals surface area contributed by atoms with Crippen molar-refractivity contribution >= 4 is 28.9 Å². The van der Waals surface area contributed by atoms with Gasteiger partial charge in [0.05, 0.1) is 22.5 Å². The number of aromatic nitrogens is 1. The Morgan fingerprint density at radius 3 is 2.85 bits per heavy atom. The minimum Gasteiger partial charge on any atom is -0.355 e. The molecule has 3 N–H and O–H groups in total. The number of amidine groups is 1. The van der Waals surface area contributed by atoms with Gasteiger partial charge in [-0.3, -0.25) is 9.80 Å². The van der Waals surface area contributed by atoms with Gasteiger partial charge in [0, 0.05) is 38.8 Å². The standard InChI is InChI=1S/C19H21N7O/c1-12-8-18(26(3)25-12)24-17-9-16(13(10-20)11-22-17)23-15-7-5-4-6-14(15)19(27)21-2/h4-7,9,11-12,25H,8H2,1-3H3,(H,21,27)(H,22,23). The van der Waals surface area contributed by atoms with E-state index in [2.05, 4.69) is 39.0 Å². The lowest BCUT2D eigenvalue weighted by Gasteiger charge is -2.14. The molecule has 8 nitrogen and oxygen atoms in total. The summed E-state index contributed by atoms with van der Waals surface area (Å²) in [6, 6.07) is 11.3. The molecule has 8 heteroatoms. The van der Waals surface area contributed by atoms with Crippen molar-refractivity contribution < 1.29 is 4.79 Å². The summed E-state index contributed by atoms with van der Waals surface area (Å²) in [5, 5.41) is 17.1. The summed E-state index contributed by atoms with van der Waals surface area (Å²) in [6.07, 6.45) is 2.27. The third kappa shape index (κ3) is 4.04. The summed E-state index contributed by atoms with van der Waals surface area (Å²) in [4.78, 5) is 20.9. The Labute approximate surface area is 157 Å². The first-order chi connectivity index (χ1) is 13.0. The molecule has 2 aromatic rings. The Morgan fingerprint density at radius 2 is 2.19 bits per heavy atom. The van der Waals surface area contributed by atoms with Crippen LogP contribution in [0.15, 0.2) is 41.5 Å². The number of aliphatic imine (C=N–C) groups is 1. The van der Waals surface area contributed by atoms with Gasteiger partial charge in [-0.1, -0.05) is 12.1 Å². The highest BCUT2D eigenvalue weighted by Crippen LogP contribution is 2.26. The van der Waals surface area contributed by atoms with Gasteiger partial charge >= 0.3 is 0 Å². The molecule has 1 saturated heterocycles. The second-order valence-electron chi connectivity index (χ2n) is 6.27. The summed E-state index contributed by atoms with van der Waals surface area (Å²) in [6.45, 7) is 2.08. The van der Waals surface area contributed by atoms with Crippen molar-refractivity contribution in [2.45, 2.75) is 19.4 Å². The van der Waals surface area contributed by atoms with Gasteiger partial charge in [-0.05, 0) is 19.1 Å². The van der Waals surface area contributed by atoms with Crippen LogP contribution in [0.4, 0.5) is 17.2 Å². The first kappa shape index (κ1) is 18.4. The number of hydrogen-bond donors (Lipinski definition) is 3. The molecular weight excluding hydrogens is 342 g/mol. The molecule has 0 spiro atoms. The first-order valence-corrected chi connectivity index (χ1v) is 8.57. The number of nitrogens with one attached hydrogen (secondary N) is 3. The predicted octanol–water partition coefficient (Wildman–Crippen LogP) is 2.32. The Hall–Kier alpha value is -3.44. The minimum atomic E-state index is -0.209. The van der Waals surface area contributed by atoms with Gasteiger partial charge in [0.25, 0.3) is 5.91 Å². The van der Waals surface area contributed by atoms with Crippen molar-refractivity contribution in [3.05, 3.63) is 47.7 Å². The minimum absolute atomic E-state index is 0.209. The number of nitriles is 1. The van der Waals surface area contributed by atoms with Crippen molar-refractivity contribution in [3.63, 3.8) is 0 Å². The fourth-order valence-corrected chi connectivity index (χ4v) is 2.88. The van der Waals surface area contributed by atoms with E-state index < -0.39 is 0 Å². The number of carbonyl (C=O) groups excluding carboxylic acids is 1. The number of rotatable bonds is 4. The average Bonchev–Trinajstić information content (AvgIpc) is 2.98. The SMILES string of the molecule is CNC(=O)c1ccccc1Nc1cc(N=C2CC(C)NN2C)ncc1C#N. The van der Waals surface area contributed by atoms with Crippen LogP contribution in [0.5, 0.6) is 0 Å². The van der Waals surface area contributed by atoms with Crippen LogP contribution in [0.3, 0.4) is 0 Å². The van der Waals surface area contributed by atoms with Gasteiger partial charge in [-0.25, -0.2) is 15.4 Å². The number of anilines is 2. The zero-order chi connectivity index (χ0) is 19.4. The van der Waals surface area contributed by atoms with Crippen molar-refractivity contribution in [3.8, 4) is 6.07 Å². The Balaban J connectivity index is 1.96. The summed E-state index contributed by atoms with van der Waals surface area (Å²) in [5.74, 6) is 1.15. The van der Waals surface area contributed by atoms with Crippen molar-refractivity contribution in [2.75, 3.05) is 19.4 Å². The zero-order valence-electron chi connectivity index (χ0n) is 15.4. The lowest BCUT2D eigenvalue weighted by molar-refractivity contribution is 0.0964. The van der Waals surface area contributed by atoms with E-state index in [0.29, 0.717) is 34.4 Å². The number of pyridine rings is 1. The number of amides is 1. The monoisotopic (exact) mass is 363 g/mol. The fourth-order valence-electron chi connectivity index (χ4n) is 2.88. The molecule has 1 aliphatic rings. The third-order valence-corrected chi connectivity index (χ3v) is 4.21. The Bertz CT molecular complexity index is 932. The maximum absolute atomic E-state index is 12.1. The number of hydrogen-bond acceptors (Lipinski definition) is 6. The summed E-state index contributed by atoms with van der Waals surface area (Å²) in [7, 11) is 3.48. The molecule has 1 fully saturated rings. The number of carbonyl (C=O) groups is 1. The number of benzene rings is 1. The van der Waals surface area contributed by atoms with Crippen LogP contribution >= 0.6 is 0 Å². The van der Waals surface area contributed by atoms with Crippen LogP contribution in [-0.4, -0.2) is 41.9 Å². The van der Waals surface area contributed by atoms with E-state index in [9.17, 15) is 10.1 Å². The zero-order valence-corrected chi connectivity index (χ0v) is 15.4. The topological polar surface area (TPSA) is 105 Å². The lowest BCUT2D eigenvalue weighted by atomic mass is 10.1. The molecule has 1 aliphatic heterocycles. The third-order valence-electron chi connectivity index (χ3n) is 4.21. The average molecular weight is 363 g/mol. The number of hydrazine groups is 1. The first-order valence-electron chi connectivity index (χ1n) is 8.57. The summed E-state index contributed by atoms with van der Waals surface area (Å²) < 4.78 is 0. The molecule has 2 heterocycles. The van der Waals surface area contributed by atoms with Crippen LogP contribution in [0.2, 0.25) is 0 Å². The van der Waals surface area contributed by atoms with Crippen molar-refractivity contribution in [1.29, 1.82) is 5.26 Å². The largest absolute Gasteiger partial charge is 0.355 e. The number of nitrogens with zero attached hydrogens (tertiary/aromatic N) is 4. The lowest BCUT2D eigenvalue weighted by Crippen LogP contribution is -2.32. The summed E-state index contributed by atoms with van der Waals surface area (Å²) >= 11 is 0. The molecule has 1 unspecified atom stereocenters. The van der Waals surface area contributed by atoms with Gasteiger partial charge in [0.1, 0.15) is 11.9 Å². The van der Waals surface area contributed by atoms with E-state index in [1.165, 1.54) is 6.20 Å². The molecule has 0 radical (unpaired) electrons. The molecule has 1 amide bonds. The highest BCUT2D eigenvalue weighted by atomic mass is 16.1. The molecule has 1 aromatic carbocycles. The number of para-hydroxylation sites is 1. The van der Waals surface area contributed by atoms with Crippen molar-refractivity contribution in [2.24, 2.45) is 4.99 Å².